The molecule has 82 valence electrons. The molecule has 0 radical (unpaired) electrons. The third-order valence-electron chi connectivity index (χ3n) is 1.33. The minimum atomic E-state index is -4.30. The molecule has 0 atom stereocenters. The Balaban J connectivity index is 5.00. The Kier molecular flexibility index (Phi) is 3.84. The van der Waals surface area contributed by atoms with E-state index in [9.17, 15) is 13.2 Å². The lowest BCUT2D eigenvalue weighted by molar-refractivity contribution is -0.114. The average Bonchev–Trinajstić information content (AvgIpc) is 1.78. The van der Waals surface area contributed by atoms with E-state index >= 15 is 0 Å². The highest BCUT2D eigenvalue weighted by atomic mass is 32.2. The lowest BCUT2D eigenvalue weighted by Crippen LogP contribution is -2.20. The molecule has 14 heavy (non-hydrogen) atoms. The van der Waals surface area contributed by atoms with Gasteiger partial charge in [0.05, 0.1) is 5.41 Å². The van der Waals surface area contributed by atoms with Crippen LogP contribution < -0.4 is 5.73 Å². The largest absolute Gasteiger partial charge is 0.366 e. The Labute approximate surface area is 83.7 Å². The van der Waals surface area contributed by atoms with Crippen molar-refractivity contribution in [1.82, 2.24) is 0 Å². The van der Waals surface area contributed by atoms with Crippen LogP contribution in [-0.4, -0.2) is 18.9 Å². The predicted molar refractivity (Wildman–Crippen MR) is 52.9 cm³/mol. The number of amides is 1. The number of nitrogens with two attached hydrogens (primary N) is 1. The van der Waals surface area contributed by atoms with E-state index in [0.717, 1.165) is 0 Å². The molecule has 0 aromatic carbocycles. The molecule has 0 aliphatic rings. The molecule has 0 fully saturated rings. The summed E-state index contributed by atoms with van der Waals surface area (Å²) in [5.41, 5.74) is 4.60. The van der Waals surface area contributed by atoms with Gasteiger partial charge in [0.2, 0.25) is 5.91 Å². The number of carbonyl (C=O) groups is 1. The number of rotatable bonds is 3. The van der Waals surface area contributed by atoms with E-state index in [4.69, 9.17) is 10.3 Å². The highest BCUT2D eigenvalue weighted by molar-refractivity contribution is 7.88. The first-order valence-electron chi connectivity index (χ1n) is 3.99. The molecule has 0 saturated carbocycles. The summed E-state index contributed by atoms with van der Waals surface area (Å²) in [6.45, 7) is 5.48. The summed E-state index contributed by atoms with van der Waals surface area (Å²) in [4.78, 5) is 10.8. The topological polar surface area (TPSA) is 97.5 Å². The number of hydrogen-bond donors (Lipinski definition) is 2. The molecule has 1 amide bonds. The van der Waals surface area contributed by atoms with E-state index in [0.29, 0.717) is 5.41 Å². The Bertz CT molecular complexity index is 348. The van der Waals surface area contributed by atoms with Crippen LogP contribution in [0.1, 0.15) is 27.2 Å². The first kappa shape index (κ1) is 13.1. The monoisotopic (exact) mass is 221 g/mol. The zero-order valence-corrected chi connectivity index (χ0v) is 9.26. The molecule has 0 aliphatic heterocycles. The molecule has 0 aromatic rings. The third-order valence-corrected chi connectivity index (χ3v) is 1.91. The van der Waals surface area contributed by atoms with Gasteiger partial charge in [0.1, 0.15) is 0 Å². The fourth-order valence-corrected chi connectivity index (χ4v) is 1.50. The van der Waals surface area contributed by atoms with E-state index in [2.05, 4.69) is 0 Å². The first-order chi connectivity index (χ1) is 6.01. The first-order valence-corrected chi connectivity index (χ1v) is 5.49. The lowest BCUT2D eigenvalue weighted by atomic mass is 9.88. The normalized spacial score (nSPS) is 14.1. The molecule has 0 aromatic heterocycles. The highest BCUT2D eigenvalue weighted by Crippen LogP contribution is 2.24. The lowest BCUT2D eigenvalue weighted by Gasteiger charge is -2.18. The maximum atomic E-state index is 10.8. The summed E-state index contributed by atoms with van der Waals surface area (Å²) in [5, 5.41) is 0.501. The van der Waals surface area contributed by atoms with Crippen LogP contribution in [0.25, 0.3) is 0 Å². The molecule has 0 rings (SSSR count). The second-order valence-corrected chi connectivity index (χ2v) is 5.53. The number of carbonyl (C=O) groups excluding carboxylic acids is 1. The third kappa shape index (κ3) is 6.62. The van der Waals surface area contributed by atoms with Gasteiger partial charge in [0, 0.05) is 5.57 Å². The second kappa shape index (κ2) is 4.10. The zero-order chi connectivity index (χ0) is 11.6. The van der Waals surface area contributed by atoms with Gasteiger partial charge in [-0.25, -0.2) is 0 Å². The van der Waals surface area contributed by atoms with Gasteiger partial charge in [0.25, 0.3) is 10.1 Å². The van der Waals surface area contributed by atoms with Crippen LogP contribution in [0.3, 0.4) is 0 Å². The maximum absolute atomic E-state index is 10.8. The van der Waals surface area contributed by atoms with Crippen LogP contribution in [0, 0.1) is 5.41 Å². The molecule has 0 heterocycles. The summed E-state index contributed by atoms with van der Waals surface area (Å²) in [6, 6.07) is 0. The molecule has 0 bridgehead atoms. The van der Waals surface area contributed by atoms with Crippen LogP contribution in [-0.2, 0) is 14.9 Å². The summed E-state index contributed by atoms with van der Waals surface area (Å²) in [6.07, 6.45) is 0.197. The molecular weight excluding hydrogens is 206 g/mol. The van der Waals surface area contributed by atoms with Crippen LogP contribution in [0.15, 0.2) is 11.0 Å². The minimum Gasteiger partial charge on any atom is -0.366 e. The molecule has 0 spiro atoms. The van der Waals surface area contributed by atoms with Crippen molar-refractivity contribution in [1.29, 1.82) is 0 Å². The smallest absolute Gasteiger partial charge is 0.288 e. The van der Waals surface area contributed by atoms with E-state index < -0.39 is 16.0 Å². The quantitative estimate of drug-likeness (QED) is 0.541. The van der Waals surface area contributed by atoms with Gasteiger partial charge in [-0.3, -0.25) is 9.35 Å². The van der Waals surface area contributed by atoms with Crippen molar-refractivity contribution in [3.8, 4) is 0 Å². The Morgan fingerprint density at radius 3 is 2.07 bits per heavy atom. The second-order valence-electron chi connectivity index (χ2n) is 4.26. The van der Waals surface area contributed by atoms with E-state index in [1.54, 1.807) is 0 Å². The summed E-state index contributed by atoms with van der Waals surface area (Å²) in [5.74, 6) is -0.836. The van der Waals surface area contributed by atoms with Crippen LogP contribution >= 0.6 is 0 Å². The van der Waals surface area contributed by atoms with Gasteiger partial charge in [0.15, 0.2) is 0 Å². The van der Waals surface area contributed by atoms with Crippen LogP contribution in [0.4, 0.5) is 0 Å². The van der Waals surface area contributed by atoms with Crippen LogP contribution in [0.2, 0.25) is 0 Å². The highest BCUT2D eigenvalue weighted by Gasteiger charge is 2.18. The van der Waals surface area contributed by atoms with Crippen molar-refractivity contribution in [3.63, 3.8) is 0 Å². The Hall–Kier alpha value is -0.880. The van der Waals surface area contributed by atoms with Gasteiger partial charge in [-0.15, -0.1) is 0 Å². The summed E-state index contributed by atoms with van der Waals surface area (Å²) < 4.78 is 29.5. The molecule has 6 heteroatoms. The molecule has 0 unspecified atom stereocenters. The van der Waals surface area contributed by atoms with E-state index in [1.807, 2.05) is 20.8 Å². The fraction of sp³-hybridized carbons (Fsp3) is 0.625. The Morgan fingerprint density at radius 2 is 1.86 bits per heavy atom. The zero-order valence-electron chi connectivity index (χ0n) is 8.44. The van der Waals surface area contributed by atoms with Gasteiger partial charge in [-0.1, -0.05) is 20.8 Å². The summed E-state index contributed by atoms with van der Waals surface area (Å²) >= 11 is 0. The van der Waals surface area contributed by atoms with Crippen molar-refractivity contribution >= 4 is 16.0 Å². The number of primary amides is 1. The molecule has 5 nitrogen and oxygen atoms in total. The van der Waals surface area contributed by atoms with Gasteiger partial charge < -0.3 is 5.73 Å². The fourth-order valence-electron chi connectivity index (χ4n) is 0.938. The molecule has 3 N–H and O–H groups in total. The maximum Gasteiger partial charge on any atom is 0.288 e. The SMILES string of the molecule is CC(C)(C)C/C(=C\S(=O)(=O)O)C(N)=O. The van der Waals surface area contributed by atoms with E-state index in [-0.39, 0.29) is 17.4 Å². The van der Waals surface area contributed by atoms with Gasteiger partial charge >= 0.3 is 0 Å². The van der Waals surface area contributed by atoms with Crippen LogP contribution in [0.5, 0.6) is 0 Å². The predicted octanol–water partition coefficient (Wildman–Crippen LogP) is 0.680. The van der Waals surface area contributed by atoms with Crippen molar-refractivity contribution < 1.29 is 17.8 Å². The minimum absolute atomic E-state index is 0.0972. The Morgan fingerprint density at radius 1 is 1.43 bits per heavy atom. The molecule has 0 aliphatic carbocycles. The van der Waals surface area contributed by atoms with Crippen molar-refractivity contribution in [2.45, 2.75) is 27.2 Å². The van der Waals surface area contributed by atoms with Crippen molar-refractivity contribution in [2.75, 3.05) is 0 Å². The number of hydrogen-bond acceptors (Lipinski definition) is 3. The van der Waals surface area contributed by atoms with E-state index in [1.165, 1.54) is 0 Å². The average molecular weight is 221 g/mol. The van der Waals surface area contributed by atoms with Gasteiger partial charge in [-0.05, 0) is 11.8 Å². The standard InChI is InChI=1S/C8H15NO4S/c1-8(2,3)4-6(7(9)10)5-14(11,12)13/h5H,4H2,1-3H3,(H2,9,10)(H,11,12,13)/b6-5+. The van der Waals surface area contributed by atoms with Crippen molar-refractivity contribution in [3.05, 3.63) is 11.0 Å². The summed E-state index contributed by atoms with van der Waals surface area (Å²) in [7, 11) is -4.30. The molecular formula is C8H15NO4S. The molecule has 0 saturated heterocycles. The van der Waals surface area contributed by atoms with Crippen molar-refractivity contribution in [2.24, 2.45) is 11.1 Å². The van der Waals surface area contributed by atoms with Gasteiger partial charge in [-0.2, -0.15) is 8.42 Å².